The van der Waals surface area contributed by atoms with E-state index in [9.17, 15) is 9.59 Å². The second kappa shape index (κ2) is 5.69. The van der Waals surface area contributed by atoms with Crippen LogP contribution < -0.4 is 16.4 Å². The molecule has 16 heavy (non-hydrogen) atoms. The summed E-state index contributed by atoms with van der Waals surface area (Å²) in [6.45, 7) is 4.13. The number of nitrogens with one attached hydrogen (secondary N) is 2. The van der Waals surface area contributed by atoms with Gasteiger partial charge in [0.15, 0.2) is 0 Å². The van der Waals surface area contributed by atoms with Crippen molar-refractivity contribution < 1.29 is 14.3 Å². The Bertz CT molecular complexity index is 260. The van der Waals surface area contributed by atoms with Gasteiger partial charge in [0.05, 0.1) is 12.1 Å². The molecule has 6 nitrogen and oxygen atoms in total. The van der Waals surface area contributed by atoms with Crippen LogP contribution in [0, 0.1) is 0 Å². The number of piperidine rings is 1. The summed E-state index contributed by atoms with van der Waals surface area (Å²) in [6, 6.07) is -0.277. The van der Waals surface area contributed by atoms with Crippen LogP contribution in [0.25, 0.3) is 0 Å². The predicted molar refractivity (Wildman–Crippen MR) is 58.8 cm³/mol. The van der Waals surface area contributed by atoms with Crippen LogP contribution >= 0.6 is 0 Å². The van der Waals surface area contributed by atoms with Gasteiger partial charge in [-0.25, -0.2) is 4.79 Å². The number of ether oxygens (including phenoxy) is 1. The van der Waals surface area contributed by atoms with Gasteiger partial charge >= 0.3 is 6.09 Å². The van der Waals surface area contributed by atoms with Gasteiger partial charge in [-0.2, -0.15) is 0 Å². The summed E-state index contributed by atoms with van der Waals surface area (Å²) in [5, 5.41) is 5.72. The number of primary amides is 1. The molecule has 4 N–H and O–H groups in total. The molecule has 0 saturated carbocycles. The number of alkyl carbamates (subject to hydrolysis) is 1. The fourth-order valence-corrected chi connectivity index (χ4v) is 1.64. The number of amides is 2. The Morgan fingerprint density at radius 1 is 1.44 bits per heavy atom. The van der Waals surface area contributed by atoms with Crippen LogP contribution in [0.2, 0.25) is 0 Å². The normalized spacial score (nSPS) is 25.2. The number of nitrogens with two attached hydrogens (primary N) is 1. The highest BCUT2D eigenvalue weighted by Gasteiger charge is 2.25. The number of hydrogen-bond acceptors (Lipinski definition) is 4. The summed E-state index contributed by atoms with van der Waals surface area (Å²) in [4.78, 5) is 22.2. The number of carbonyl (C=O) groups excluding carboxylic acids is 2. The van der Waals surface area contributed by atoms with Gasteiger partial charge in [-0.05, 0) is 26.7 Å². The molecule has 0 bridgehead atoms. The van der Waals surface area contributed by atoms with Crippen molar-refractivity contribution in [3.8, 4) is 0 Å². The van der Waals surface area contributed by atoms with Crippen molar-refractivity contribution in [1.82, 2.24) is 10.6 Å². The van der Waals surface area contributed by atoms with Gasteiger partial charge in [0, 0.05) is 12.6 Å². The monoisotopic (exact) mass is 229 g/mol. The maximum absolute atomic E-state index is 11.3. The van der Waals surface area contributed by atoms with Crippen molar-refractivity contribution in [1.29, 1.82) is 0 Å². The van der Waals surface area contributed by atoms with Crippen molar-refractivity contribution in [3.63, 3.8) is 0 Å². The van der Waals surface area contributed by atoms with Crippen LogP contribution in [0.3, 0.4) is 0 Å². The minimum atomic E-state index is -0.417. The summed E-state index contributed by atoms with van der Waals surface area (Å²) in [6.07, 6.45) is 0.824. The van der Waals surface area contributed by atoms with Crippen LogP contribution in [-0.4, -0.2) is 36.7 Å². The lowest BCUT2D eigenvalue weighted by Crippen LogP contribution is -2.53. The van der Waals surface area contributed by atoms with E-state index in [1.165, 1.54) is 0 Å². The fourth-order valence-electron chi connectivity index (χ4n) is 1.64. The number of hydrogen-bond donors (Lipinski definition) is 3. The topological polar surface area (TPSA) is 93.4 Å². The Morgan fingerprint density at radius 3 is 2.56 bits per heavy atom. The van der Waals surface area contributed by atoms with Gasteiger partial charge in [0.2, 0.25) is 5.91 Å². The summed E-state index contributed by atoms with van der Waals surface area (Å²) in [7, 11) is 0. The minimum absolute atomic E-state index is 0.00171. The standard InChI is InChI=1S/C10H19N3O3/c1-6(2)16-10(15)13-7-3-4-8(9(11)14)12-5-7/h6-8,12H,3-5H2,1-2H3,(H2,11,14)(H,13,15). The highest BCUT2D eigenvalue weighted by molar-refractivity contribution is 5.80. The molecule has 1 heterocycles. The SMILES string of the molecule is CC(C)OC(=O)NC1CCC(C(N)=O)NC1. The Labute approximate surface area is 94.9 Å². The summed E-state index contributed by atoms with van der Waals surface area (Å²) in [5.74, 6) is -0.344. The second-order valence-corrected chi connectivity index (χ2v) is 4.24. The number of rotatable bonds is 3. The van der Waals surface area contributed by atoms with E-state index in [2.05, 4.69) is 10.6 Å². The van der Waals surface area contributed by atoms with E-state index >= 15 is 0 Å². The largest absolute Gasteiger partial charge is 0.447 e. The quantitative estimate of drug-likeness (QED) is 0.621. The molecule has 2 unspecified atom stereocenters. The molecule has 0 aliphatic carbocycles. The number of carbonyl (C=O) groups is 2. The van der Waals surface area contributed by atoms with Gasteiger partial charge in [-0.3, -0.25) is 4.79 Å². The van der Waals surface area contributed by atoms with E-state index in [0.29, 0.717) is 13.0 Å². The average molecular weight is 229 g/mol. The first-order valence-corrected chi connectivity index (χ1v) is 5.49. The van der Waals surface area contributed by atoms with Gasteiger partial charge in [0.25, 0.3) is 0 Å². The first-order chi connectivity index (χ1) is 7.49. The molecule has 2 amide bonds. The molecule has 1 fully saturated rings. The molecule has 92 valence electrons. The third-order valence-corrected chi connectivity index (χ3v) is 2.42. The van der Waals surface area contributed by atoms with Gasteiger partial charge < -0.3 is 21.1 Å². The first-order valence-electron chi connectivity index (χ1n) is 5.49. The maximum Gasteiger partial charge on any atom is 0.407 e. The molecule has 0 spiro atoms. The fraction of sp³-hybridized carbons (Fsp3) is 0.800. The smallest absolute Gasteiger partial charge is 0.407 e. The lowest BCUT2D eigenvalue weighted by atomic mass is 10.0. The van der Waals surface area contributed by atoms with Crippen molar-refractivity contribution >= 4 is 12.0 Å². The molecule has 1 saturated heterocycles. The summed E-state index contributed by atoms with van der Waals surface area (Å²) < 4.78 is 4.96. The zero-order valence-electron chi connectivity index (χ0n) is 9.66. The van der Waals surface area contributed by atoms with Gasteiger partial charge in [-0.15, -0.1) is 0 Å². The molecule has 0 radical (unpaired) electrons. The Balaban J connectivity index is 2.26. The third kappa shape index (κ3) is 4.06. The highest BCUT2D eigenvalue weighted by atomic mass is 16.6. The van der Waals surface area contributed by atoms with Crippen molar-refractivity contribution in [2.24, 2.45) is 5.73 Å². The van der Waals surface area contributed by atoms with Gasteiger partial charge in [0.1, 0.15) is 0 Å². The van der Waals surface area contributed by atoms with Crippen LogP contribution in [-0.2, 0) is 9.53 Å². The first kappa shape index (κ1) is 12.8. The predicted octanol–water partition coefficient (Wildman–Crippen LogP) is -0.273. The Hall–Kier alpha value is -1.30. The molecule has 0 aromatic heterocycles. The molecule has 0 aromatic rings. The van der Waals surface area contributed by atoms with Crippen molar-refractivity contribution in [3.05, 3.63) is 0 Å². The molecule has 6 heteroatoms. The van der Waals surface area contributed by atoms with E-state index < -0.39 is 6.09 Å². The van der Waals surface area contributed by atoms with Crippen LogP contribution in [0.5, 0.6) is 0 Å². The molecule has 1 rings (SSSR count). The molecular weight excluding hydrogens is 210 g/mol. The zero-order chi connectivity index (χ0) is 12.1. The zero-order valence-corrected chi connectivity index (χ0v) is 9.66. The maximum atomic E-state index is 11.3. The van der Waals surface area contributed by atoms with Crippen molar-refractivity contribution in [2.75, 3.05) is 6.54 Å². The molecule has 2 atom stereocenters. The van der Waals surface area contributed by atoms with E-state index in [1.54, 1.807) is 13.8 Å². The van der Waals surface area contributed by atoms with E-state index in [1.807, 2.05) is 0 Å². The lowest BCUT2D eigenvalue weighted by molar-refractivity contribution is -0.120. The highest BCUT2D eigenvalue weighted by Crippen LogP contribution is 2.08. The van der Waals surface area contributed by atoms with Crippen LogP contribution in [0.15, 0.2) is 0 Å². The van der Waals surface area contributed by atoms with Crippen LogP contribution in [0.4, 0.5) is 4.79 Å². The van der Waals surface area contributed by atoms with E-state index in [4.69, 9.17) is 10.5 Å². The lowest BCUT2D eigenvalue weighted by Gasteiger charge is -2.28. The third-order valence-electron chi connectivity index (χ3n) is 2.42. The molecule has 1 aliphatic heterocycles. The van der Waals surface area contributed by atoms with E-state index in [0.717, 1.165) is 6.42 Å². The average Bonchev–Trinajstić information content (AvgIpc) is 2.16. The van der Waals surface area contributed by atoms with Gasteiger partial charge in [-0.1, -0.05) is 0 Å². The summed E-state index contributed by atoms with van der Waals surface area (Å²) >= 11 is 0. The van der Waals surface area contributed by atoms with Crippen LogP contribution in [0.1, 0.15) is 26.7 Å². The summed E-state index contributed by atoms with van der Waals surface area (Å²) in [5.41, 5.74) is 5.17. The molecular formula is C10H19N3O3. The second-order valence-electron chi connectivity index (χ2n) is 4.24. The molecule has 1 aliphatic rings. The van der Waals surface area contributed by atoms with E-state index in [-0.39, 0.29) is 24.1 Å². The Kier molecular flexibility index (Phi) is 4.54. The molecule has 0 aromatic carbocycles. The van der Waals surface area contributed by atoms with Crippen molar-refractivity contribution in [2.45, 2.75) is 44.9 Å². The minimum Gasteiger partial charge on any atom is -0.447 e. The Morgan fingerprint density at radius 2 is 2.12 bits per heavy atom.